The lowest BCUT2D eigenvalue weighted by Gasteiger charge is -2.02. The number of carbonyl (C=O) groups excluding carboxylic acids is 1. The van der Waals surface area contributed by atoms with Crippen molar-refractivity contribution in [3.63, 3.8) is 0 Å². The maximum atomic E-state index is 13.2. The van der Waals surface area contributed by atoms with Crippen LogP contribution in [-0.4, -0.2) is 19.5 Å². The van der Waals surface area contributed by atoms with Crippen LogP contribution in [0.15, 0.2) is 94.7 Å². The predicted octanol–water partition coefficient (Wildman–Crippen LogP) is 3.41. The summed E-state index contributed by atoms with van der Waals surface area (Å²) in [5, 5.41) is 13.6. The number of rotatable bonds is 5. The fourth-order valence-corrected chi connectivity index (χ4v) is 3.91. The van der Waals surface area contributed by atoms with Gasteiger partial charge in [0.1, 0.15) is 0 Å². The van der Waals surface area contributed by atoms with E-state index >= 15 is 0 Å². The van der Waals surface area contributed by atoms with Crippen molar-refractivity contribution in [3.8, 4) is 11.4 Å². The molecule has 160 valence electrons. The molecule has 1 aromatic heterocycles. The standard InChI is InChI=1S/C22H17N5O4S/c28-20(23-15-16-7-3-1-4-8-16)24-21-25(17-9-5-2-6-10-17)22(29)26(32-21)18-11-13-19(14-12-18)27(30)31/h1-14H,15H2,(H,23,28). The van der Waals surface area contributed by atoms with E-state index in [1.165, 1.54) is 32.8 Å². The van der Waals surface area contributed by atoms with Gasteiger partial charge in [-0.05, 0) is 41.4 Å². The molecule has 0 aliphatic carbocycles. The van der Waals surface area contributed by atoms with Crippen LogP contribution in [0.2, 0.25) is 0 Å². The van der Waals surface area contributed by atoms with Gasteiger partial charge >= 0.3 is 11.7 Å². The minimum atomic E-state index is -0.587. The van der Waals surface area contributed by atoms with E-state index in [-0.39, 0.29) is 10.5 Å². The van der Waals surface area contributed by atoms with E-state index in [1.54, 1.807) is 24.3 Å². The van der Waals surface area contributed by atoms with Crippen LogP contribution in [0.3, 0.4) is 0 Å². The van der Waals surface area contributed by atoms with E-state index < -0.39 is 16.6 Å². The maximum absolute atomic E-state index is 13.2. The molecule has 0 atom stereocenters. The summed E-state index contributed by atoms with van der Waals surface area (Å²) in [6.07, 6.45) is 0. The highest BCUT2D eigenvalue weighted by Gasteiger charge is 2.14. The lowest BCUT2D eigenvalue weighted by Crippen LogP contribution is -2.29. The molecule has 0 aliphatic rings. The van der Waals surface area contributed by atoms with E-state index in [0.29, 0.717) is 17.9 Å². The molecular weight excluding hydrogens is 430 g/mol. The third-order valence-electron chi connectivity index (χ3n) is 4.52. The Morgan fingerprint density at radius 3 is 2.19 bits per heavy atom. The molecule has 10 heteroatoms. The van der Waals surface area contributed by atoms with Gasteiger partial charge in [0.25, 0.3) is 5.69 Å². The van der Waals surface area contributed by atoms with Crippen molar-refractivity contribution >= 4 is 23.3 Å². The van der Waals surface area contributed by atoms with Crippen LogP contribution >= 0.6 is 11.5 Å². The maximum Gasteiger partial charge on any atom is 0.349 e. The van der Waals surface area contributed by atoms with Gasteiger partial charge < -0.3 is 5.32 Å². The van der Waals surface area contributed by atoms with Gasteiger partial charge in [-0.25, -0.2) is 18.1 Å². The number of hydrogen-bond donors (Lipinski definition) is 1. The molecule has 0 saturated heterocycles. The van der Waals surface area contributed by atoms with Gasteiger partial charge in [0, 0.05) is 18.7 Å². The molecule has 9 nitrogen and oxygen atoms in total. The first-order chi connectivity index (χ1) is 15.5. The summed E-state index contributed by atoms with van der Waals surface area (Å²) >= 11 is 0.968. The van der Waals surface area contributed by atoms with Gasteiger partial charge in [0.2, 0.25) is 4.80 Å². The Balaban J connectivity index is 1.74. The van der Waals surface area contributed by atoms with Crippen molar-refractivity contribution in [2.45, 2.75) is 6.54 Å². The Morgan fingerprint density at radius 1 is 0.938 bits per heavy atom. The topological polar surface area (TPSA) is 112 Å². The highest BCUT2D eigenvalue weighted by molar-refractivity contribution is 7.03. The number of nitrogens with one attached hydrogen (secondary N) is 1. The van der Waals surface area contributed by atoms with Crippen LogP contribution < -0.4 is 15.8 Å². The lowest BCUT2D eigenvalue weighted by atomic mass is 10.2. The van der Waals surface area contributed by atoms with Gasteiger partial charge in [0.05, 0.1) is 16.3 Å². The number of urea groups is 1. The average Bonchev–Trinajstić information content (AvgIpc) is 3.14. The normalized spacial score (nSPS) is 11.3. The summed E-state index contributed by atoms with van der Waals surface area (Å²) < 4.78 is 2.66. The molecule has 4 rings (SSSR count). The molecule has 1 N–H and O–H groups in total. The number of nitro groups is 1. The zero-order valence-electron chi connectivity index (χ0n) is 16.6. The predicted molar refractivity (Wildman–Crippen MR) is 120 cm³/mol. The van der Waals surface area contributed by atoms with Crippen molar-refractivity contribution < 1.29 is 9.72 Å². The summed E-state index contributed by atoms with van der Waals surface area (Å²) in [5.74, 6) is 0. The summed E-state index contributed by atoms with van der Waals surface area (Å²) in [4.78, 5) is 40.3. The second kappa shape index (κ2) is 9.23. The highest BCUT2D eigenvalue weighted by Crippen LogP contribution is 2.15. The van der Waals surface area contributed by atoms with E-state index in [0.717, 1.165) is 17.1 Å². The Morgan fingerprint density at radius 2 is 1.56 bits per heavy atom. The van der Waals surface area contributed by atoms with E-state index in [9.17, 15) is 19.7 Å². The minimum Gasteiger partial charge on any atom is -0.332 e. The summed E-state index contributed by atoms with van der Waals surface area (Å²) in [7, 11) is 0. The Bertz CT molecular complexity index is 1370. The van der Waals surface area contributed by atoms with Gasteiger partial charge in [-0.2, -0.15) is 4.99 Å². The van der Waals surface area contributed by atoms with Gasteiger partial charge in [0.15, 0.2) is 0 Å². The quantitative estimate of drug-likeness (QED) is 0.373. The number of benzene rings is 3. The SMILES string of the molecule is O=C(N=c1sn(-c2ccc([N+](=O)[O-])cc2)c(=O)n1-c1ccccc1)NCc1ccccc1. The van der Waals surface area contributed by atoms with Crippen LogP contribution in [0.4, 0.5) is 10.5 Å². The number of non-ortho nitro benzene ring substituents is 1. The van der Waals surface area contributed by atoms with Crippen molar-refractivity contribution in [1.29, 1.82) is 0 Å². The number of amides is 2. The van der Waals surface area contributed by atoms with Gasteiger partial charge in [-0.3, -0.25) is 10.1 Å². The third kappa shape index (κ3) is 4.55. The number of nitrogens with zero attached hydrogens (tertiary/aromatic N) is 4. The first kappa shape index (κ1) is 20.9. The molecule has 2 amide bonds. The lowest BCUT2D eigenvalue weighted by molar-refractivity contribution is -0.384. The molecule has 0 radical (unpaired) electrons. The zero-order valence-corrected chi connectivity index (χ0v) is 17.4. The zero-order chi connectivity index (χ0) is 22.5. The van der Waals surface area contributed by atoms with Crippen LogP contribution in [0.1, 0.15) is 5.56 Å². The van der Waals surface area contributed by atoms with Gasteiger partial charge in [-0.1, -0.05) is 48.5 Å². The summed E-state index contributed by atoms with van der Waals surface area (Å²) in [6.45, 7) is 0.298. The molecule has 0 fully saturated rings. The molecule has 0 unspecified atom stereocenters. The van der Waals surface area contributed by atoms with Crippen molar-refractivity contribution in [1.82, 2.24) is 13.8 Å². The molecule has 1 heterocycles. The molecule has 0 aliphatic heterocycles. The average molecular weight is 447 g/mol. The monoisotopic (exact) mass is 447 g/mol. The first-order valence-electron chi connectivity index (χ1n) is 9.55. The molecule has 0 saturated carbocycles. The largest absolute Gasteiger partial charge is 0.349 e. The van der Waals surface area contributed by atoms with Crippen LogP contribution in [0.25, 0.3) is 11.4 Å². The van der Waals surface area contributed by atoms with E-state index in [2.05, 4.69) is 10.3 Å². The number of hydrogen-bond acceptors (Lipinski definition) is 5. The van der Waals surface area contributed by atoms with E-state index in [4.69, 9.17) is 0 Å². The van der Waals surface area contributed by atoms with Crippen molar-refractivity contribution in [2.24, 2.45) is 4.99 Å². The fourth-order valence-electron chi connectivity index (χ4n) is 2.98. The third-order valence-corrected chi connectivity index (χ3v) is 5.51. The van der Waals surface area contributed by atoms with Gasteiger partial charge in [-0.15, -0.1) is 0 Å². The second-order valence-electron chi connectivity index (χ2n) is 6.65. The smallest absolute Gasteiger partial charge is 0.332 e. The fraction of sp³-hybridized carbons (Fsp3) is 0.0455. The van der Waals surface area contributed by atoms with E-state index in [1.807, 2.05) is 36.4 Å². The number of nitro benzene ring substituents is 1. The highest BCUT2D eigenvalue weighted by atomic mass is 32.1. The van der Waals surface area contributed by atoms with Crippen LogP contribution in [0, 0.1) is 10.1 Å². The summed E-state index contributed by atoms with van der Waals surface area (Å²) in [6, 6.07) is 23.2. The molecule has 4 aromatic rings. The molecule has 0 bridgehead atoms. The molecule has 3 aromatic carbocycles. The molecule has 32 heavy (non-hydrogen) atoms. The Hall–Kier alpha value is -4.31. The number of aromatic nitrogens is 2. The Labute approximate surface area is 185 Å². The van der Waals surface area contributed by atoms with Crippen molar-refractivity contribution in [2.75, 3.05) is 0 Å². The molecular formula is C22H17N5O4S. The number of carbonyl (C=O) groups is 1. The number of para-hydroxylation sites is 1. The van der Waals surface area contributed by atoms with Crippen molar-refractivity contribution in [3.05, 3.63) is 116 Å². The van der Waals surface area contributed by atoms with Crippen LogP contribution in [0.5, 0.6) is 0 Å². The molecule has 0 spiro atoms. The van der Waals surface area contributed by atoms with Crippen LogP contribution in [-0.2, 0) is 6.54 Å². The first-order valence-corrected chi connectivity index (χ1v) is 10.3. The second-order valence-corrected chi connectivity index (χ2v) is 7.56. The minimum absolute atomic E-state index is 0.0838. The summed E-state index contributed by atoms with van der Waals surface area (Å²) in [5.41, 5.74) is 1.37. The Kier molecular flexibility index (Phi) is 6.04.